The van der Waals surface area contributed by atoms with Crippen LogP contribution in [-0.2, 0) is 4.79 Å². The summed E-state index contributed by atoms with van der Waals surface area (Å²) < 4.78 is 28.0. The predicted octanol–water partition coefficient (Wildman–Crippen LogP) is 2.69. The lowest BCUT2D eigenvalue weighted by atomic mass is 10.0. The van der Waals surface area contributed by atoms with Gasteiger partial charge in [0.2, 0.25) is 5.75 Å². The van der Waals surface area contributed by atoms with Crippen molar-refractivity contribution in [1.29, 1.82) is 0 Å². The molecule has 36 heavy (non-hydrogen) atoms. The van der Waals surface area contributed by atoms with Crippen LogP contribution in [-0.4, -0.2) is 41.9 Å². The second kappa shape index (κ2) is 8.19. The number of nitrogens with zero attached hydrogens (tertiary/aromatic N) is 4. The molecule has 6 rings (SSSR count). The zero-order valence-corrected chi connectivity index (χ0v) is 19.7. The molecule has 180 valence electrons. The van der Waals surface area contributed by atoms with Gasteiger partial charge in [-0.05, 0) is 38.1 Å². The van der Waals surface area contributed by atoms with Gasteiger partial charge in [-0.1, -0.05) is 11.7 Å². The van der Waals surface area contributed by atoms with Crippen LogP contribution in [0.3, 0.4) is 0 Å². The molecule has 2 aromatic carbocycles. The first-order chi connectivity index (χ1) is 17.5. The number of hydrogen-bond acceptors (Lipinski definition) is 10. The van der Waals surface area contributed by atoms with Crippen LogP contribution in [0.15, 0.2) is 33.8 Å². The number of carbonyl (C=O) groups excluding carboxylic acids is 1. The fourth-order valence-electron chi connectivity index (χ4n) is 4.67. The van der Waals surface area contributed by atoms with Crippen LogP contribution >= 0.6 is 0 Å². The molecule has 0 spiro atoms. The van der Waals surface area contributed by atoms with E-state index in [2.05, 4.69) is 21.7 Å². The number of aryl methyl sites for hydroxylation is 2. The summed E-state index contributed by atoms with van der Waals surface area (Å²) in [6.45, 7) is 8.70. The molecule has 2 aliphatic heterocycles. The van der Waals surface area contributed by atoms with E-state index in [9.17, 15) is 4.79 Å². The van der Waals surface area contributed by atoms with Gasteiger partial charge in [-0.25, -0.2) is 15.0 Å². The molecule has 0 amide bonds. The summed E-state index contributed by atoms with van der Waals surface area (Å²) in [5, 5.41) is 6.29. The maximum absolute atomic E-state index is 11.0. The molecule has 4 aromatic rings. The second-order valence-electron chi connectivity index (χ2n) is 8.25. The van der Waals surface area contributed by atoms with E-state index in [1.807, 2.05) is 26.0 Å². The average molecular weight is 484 g/mol. The third-order valence-corrected chi connectivity index (χ3v) is 6.13. The summed E-state index contributed by atoms with van der Waals surface area (Å²) in [6, 6.07) is 7.25. The Balaban J connectivity index is 1.68. The minimum absolute atomic E-state index is 0.264. The summed E-state index contributed by atoms with van der Waals surface area (Å²) in [4.78, 5) is 24.9. The minimum atomic E-state index is 0.264. The predicted molar refractivity (Wildman–Crippen MR) is 127 cm³/mol. The van der Waals surface area contributed by atoms with Crippen molar-refractivity contribution in [2.24, 2.45) is 4.99 Å². The number of methoxy groups -OCH3 is 1. The van der Waals surface area contributed by atoms with Crippen molar-refractivity contribution in [2.75, 3.05) is 20.3 Å². The summed E-state index contributed by atoms with van der Waals surface area (Å²) in [7, 11) is 1.61. The molecule has 2 aromatic heterocycles. The van der Waals surface area contributed by atoms with Gasteiger partial charge in [0.25, 0.3) is 6.47 Å². The molecule has 2 aliphatic rings. The Labute approximate surface area is 204 Å². The SMILES string of the molecule is C=c1nc2c(c(-c3ccc(OC=O)c4c3OCCO4)n1)=c1cc(OC)c(-c3c(C)noc3C)cc1=N2. The summed E-state index contributed by atoms with van der Waals surface area (Å²) >= 11 is 0. The normalized spacial score (nSPS) is 13.0. The molecule has 0 unspecified atom stereocenters. The number of hydrogen-bond donors (Lipinski definition) is 0. The molecule has 10 heteroatoms. The van der Waals surface area contributed by atoms with Crippen molar-refractivity contribution in [3.63, 3.8) is 0 Å². The molecular formula is C26H20N4O6. The van der Waals surface area contributed by atoms with Crippen molar-refractivity contribution in [3.05, 3.63) is 57.0 Å². The highest BCUT2D eigenvalue weighted by molar-refractivity contribution is 5.78. The van der Waals surface area contributed by atoms with E-state index >= 15 is 0 Å². The third kappa shape index (κ3) is 3.22. The van der Waals surface area contributed by atoms with Crippen LogP contribution in [0.4, 0.5) is 5.82 Å². The maximum atomic E-state index is 11.0. The molecule has 0 saturated carbocycles. The van der Waals surface area contributed by atoms with E-state index in [-0.39, 0.29) is 5.75 Å². The van der Waals surface area contributed by atoms with Gasteiger partial charge < -0.3 is 23.5 Å². The zero-order chi connectivity index (χ0) is 25.0. The van der Waals surface area contributed by atoms with Gasteiger partial charge in [0.1, 0.15) is 30.2 Å². The fourth-order valence-corrected chi connectivity index (χ4v) is 4.67. The molecule has 0 fully saturated rings. The summed E-state index contributed by atoms with van der Waals surface area (Å²) in [6.07, 6.45) is 0. The van der Waals surface area contributed by atoms with E-state index < -0.39 is 0 Å². The number of rotatable bonds is 5. The van der Waals surface area contributed by atoms with Crippen molar-refractivity contribution in [1.82, 2.24) is 15.1 Å². The Kier molecular flexibility index (Phi) is 4.96. The highest BCUT2D eigenvalue weighted by Crippen LogP contribution is 2.46. The lowest BCUT2D eigenvalue weighted by Crippen LogP contribution is -2.18. The molecule has 0 radical (unpaired) electrons. The molecule has 0 aliphatic carbocycles. The largest absolute Gasteiger partial charge is 0.496 e. The van der Waals surface area contributed by atoms with Crippen LogP contribution < -0.4 is 29.8 Å². The van der Waals surface area contributed by atoms with E-state index in [0.717, 1.165) is 22.0 Å². The molecule has 0 saturated heterocycles. The van der Waals surface area contributed by atoms with Crippen molar-refractivity contribution >= 4 is 18.9 Å². The first-order valence-corrected chi connectivity index (χ1v) is 11.1. The standard InChI is InChI=1S/C26H20N4O6/c1-12-21(13(2)36-30-12)17-9-18-16(10-20(17)32-4)22-23(27-14(3)28-26(22)29-18)15-5-6-19(35-11-31)25-24(15)33-7-8-34-25/h5-6,9-11H,3,7-8H2,1-2,4H3. The van der Waals surface area contributed by atoms with E-state index in [1.165, 1.54) is 0 Å². The first-order valence-electron chi connectivity index (χ1n) is 11.1. The van der Waals surface area contributed by atoms with Crippen molar-refractivity contribution in [2.45, 2.75) is 13.8 Å². The Morgan fingerprint density at radius 2 is 1.83 bits per heavy atom. The van der Waals surface area contributed by atoms with Gasteiger partial charge in [0.15, 0.2) is 17.3 Å². The molecule has 10 nitrogen and oxygen atoms in total. The van der Waals surface area contributed by atoms with Gasteiger partial charge in [-0.3, -0.25) is 4.79 Å². The quantitative estimate of drug-likeness (QED) is 0.347. The lowest BCUT2D eigenvalue weighted by Gasteiger charge is -2.22. The van der Waals surface area contributed by atoms with E-state index in [0.29, 0.717) is 75.8 Å². The second-order valence-corrected chi connectivity index (χ2v) is 8.25. The summed E-state index contributed by atoms with van der Waals surface area (Å²) in [5.74, 6) is 2.82. The smallest absolute Gasteiger partial charge is 0.298 e. The minimum Gasteiger partial charge on any atom is -0.496 e. The Bertz CT molecular complexity index is 1760. The van der Waals surface area contributed by atoms with Crippen molar-refractivity contribution < 1.29 is 28.3 Å². The number of carbonyl (C=O) groups is 1. The Morgan fingerprint density at radius 1 is 1.03 bits per heavy atom. The molecule has 0 atom stereocenters. The summed E-state index contributed by atoms with van der Waals surface area (Å²) in [5.41, 5.74) is 3.94. The van der Waals surface area contributed by atoms with Crippen LogP contribution in [0.1, 0.15) is 11.5 Å². The average Bonchev–Trinajstić information content (AvgIpc) is 3.40. The van der Waals surface area contributed by atoms with Crippen molar-refractivity contribution in [3.8, 4) is 45.4 Å². The molecule has 0 bridgehead atoms. The number of benzene rings is 2. The topological polar surface area (TPSA) is 118 Å². The van der Waals surface area contributed by atoms with Gasteiger partial charge in [0, 0.05) is 16.3 Å². The third-order valence-electron chi connectivity index (χ3n) is 6.13. The highest BCUT2D eigenvalue weighted by Gasteiger charge is 2.26. The monoisotopic (exact) mass is 484 g/mol. The van der Waals surface area contributed by atoms with Crippen LogP contribution in [0.5, 0.6) is 23.0 Å². The van der Waals surface area contributed by atoms with Crippen LogP contribution in [0, 0.1) is 24.3 Å². The molecular weight excluding hydrogens is 464 g/mol. The van der Waals surface area contributed by atoms with Gasteiger partial charge in [0.05, 0.1) is 34.6 Å². The van der Waals surface area contributed by atoms with Gasteiger partial charge >= 0.3 is 0 Å². The highest BCUT2D eigenvalue weighted by atomic mass is 16.6. The maximum Gasteiger partial charge on any atom is 0.298 e. The zero-order valence-electron chi connectivity index (χ0n) is 19.7. The van der Waals surface area contributed by atoms with Gasteiger partial charge in [-0.15, -0.1) is 0 Å². The van der Waals surface area contributed by atoms with Crippen LogP contribution in [0.25, 0.3) is 29.0 Å². The lowest BCUT2D eigenvalue weighted by molar-refractivity contribution is -0.120. The fraction of sp³-hybridized carbons (Fsp3) is 0.192. The van der Waals surface area contributed by atoms with E-state index in [4.69, 9.17) is 28.5 Å². The Hall–Kier alpha value is -4.73. The Morgan fingerprint density at radius 3 is 2.56 bits per heavy atom. The number of aromatic nitrogens is 3. The first kappa shape index (κ1) is 21.8. The van der Waals surface area contributed by atoms with E-state index in [1.54, 1.807) is 19.2 Å². The van der Waals surface area contributed by atoms with Crippen LogP contribution in [0.2, 0.25) is 0 Å². The number of fused-ring (bicyclic) bond motifs is 3. The number of ether oxygens (including phenoxy) is 4. The van der Waals surface area contributed by atoms with Gasteiger partial charge in [-0.2, -0.15) is 0 Å². The molecule has 4 heterocycles. The molecule has 0 N–H and O–H groups in total.